The van der Waals surface area contributed by atoms with Gasteiger partial charge < -0.3 is 4.74 Å². The molecule has 0 aliphatic heterocycles. The second-order valence-electron chi connectivity index (χ2n) is 5.35. The third-order valence-corrected chi connectivity index (χ3v) is 4.16. The highest BCUT2D eigenvalue weighted by Crippen LogP contribution is 2.21. The lowest BCUT2D eigenvalue weighted by Crippen LogP contribution is -2.11. The van der Waals surface area contributed by atoms with E-state index in [9.17, 15) is 4.39 Å². The number of alkyl halides is 1. The third-order valence-electron chi connectivity index (χ3n) is 3.72. The summed E-state index contributed by atoms with van der Waals surface area (Å²) in [5.41, 5.74) is 3.37. The molecule has 21 heavy (non-hydrogen) atoms. The van der Waals surface area contributed by atoms with Crippen LogP contribution in [0.1, 0.15) is 16.7 Å². The molecule has 0 amide bonds. The van der Waals surface area contributed by atoms with Crippen molar-refractivity contribution >= 4 is 11.6 Å². The van der Waals surface area contributed by atoms with E-state index in [1.54, 1.807) is 13.2 Å². The largest absolute Gasteiger partial charge is 0.497 e. The predicted octanol–water partition coefficient (Wildman–Crippen LogP) is 4.78. The lowest BCUT2D eigenvalue weighted by atomic mass is 9.92. The number of benzene rings is 2. The van der Waals surface area contributed by atoms with Crippen LogP contribution in [0.4, 0.5) is 4.39 Å². The molecule has 2 aromatic rings. The second kappa shape index (κ2) is 7.46. The number of ether oxygens (including phenoxy) is 1. The minimum absolute atomic E-state index is 0.187. The molecule has 112 valence electrons. The van der Waals surface area contributed by atoms with E-state index in [0.29, 0.717) is 11.8 Å². The number of hydrogen-bond acceptors (Lipinski definition) is 1. The topological polar surface area (TPSA) is 9.23 Å². The summed E-state index contributed by atoms with van der Waals surface area (Å²) in [6.45, 7) is 2.01. The molecule has 0 saturated carbocycles. The van der Waals surface area contributed by atoms with Crippen LogP contribution < -0.4 is 4.74 Å². The Balaban J connectivity index is 2.07. The third kappa shape index (κ3) is 4.47. The van der Waals surface area contributed by atoms with Crippen molar-refractivity contribution in [3.05, 3.63) is 65.0 Å². The molecule has 3 heteroatoms. The predicted molar refractivity (Wildman–Crippen MR) is 85.7 cm³/mol. The first kappa shape index (κ1) is 15.8. The molecule has 0 aliphatic carbocycles. The van der Waals surface area contributed by atoms with E-state index < -0.39 is 0 Å². The summed E-state index contributed by atoms with van der Waals surface area (Å²) in [5, 5.41) is 0. The molecule has 0 spiro atoms. The summed E-state index contributed by atoms with van der Waals surface area (Å²) in [6, 6.07) is 12.9. The van der Waals surface area contributed by atoms with Crippen LogP contribution in [0.3, 0.4) is 0 Å². The average Bonchev–Trinajstić information content (AvgIpc) is 2.51. The van der Waals surface area contributed by atoms with Gasteiger partial charge in [-0.25, -0.2) is 4.39 Å². The molecule has 0 aliphatic rings. The van der Waals surface area contributed by atoms with Gasteiger partial charge >= 0.3 is 0 Å². The van der Waals surface area contributed by atoms with Crippen molar-refractivity contribution in [3.63, 3.8) is 0 Å². The van der Waals surface area contributed by atoms with Crippen LogP contribution >= 0.6 is 11.6 Å². The molecule has 1 atom stereocenters. The standard InChI is InChI=1S/C18H20ClFO/c1-13-3-6-17(20)11-16(13)10-15(12-19)9-14-4-7-18(21-2)8-5-14/h3-8,11,15H,9-10,12H2,1-2H3. The molecule has 0 radical (unpaired) electrons. The molecule has 2 rings (SSSR count). The van der Waals surface area contributed by atoms with Gasteiger partial charge in [0.05, 0.1) is 7.11 Å². The van der Waals surface area contributed by atoms with Gasteiger partial charge in [-0.3, -0.25) is 0 Å². The minimum Gasteiger partial charge on any atom is -0.497 e. The Morgan fingerprint density at radius 1 is 1.10 bits per heavy atom. The average molecular weight is 307 g/mol. The van der Waals surface area contributed by atoms with Gasteiger partial charge in [0.15, 0.2) is 0 Å². The van der Waals surface area contributed by atoms with Crippen molar-refractivity contribution in [3.8, 4) is 5.75 Å². The summed E-state index contributed by atoms with van der Waals surface area (Å²) >= 11 is 6.10. The van der Waals surface area contributed by atoms with E-state index in [1.165, 1.54) is 11.6 Å². The SMILES string of the molecule is COc1ccc(CC(CCl)Cc2cc(F)ccc2C)cc1. The smallest absolute Gasteiger partial charge is 0.123 e. The number of methoxy groups -OCH3 is 1. The van der Waals surface area contributed by atoms with Crippen molar-refractivity contribution < 1.29 is 9.13 Å². The van der Waals surface area contributed by atoms with Crippen molar-refractivity contribution in [2.24, 2.45) is 5.92 Å². The van der Waals surface area contributed by atoms with Crippen molar-refractivity contribution in [2.75, 3.05) is 13.0 Å². The number of hydrogen-bond donors (Lipinski definition) is 0. The summed E-state index contributed by atoms with van der Waals surface area (Å²) in [6.07, 6.45) is 1.67. The maximum Gasteiger partial charge on any atom is 0.123 e. The van der Waals surface area contributed by atoms with E-state index in [4.69, 9.17) is 16.3 Å². The quantitative estimate of drug-likeness (QED) is 0.698. The molecule has 0 saturated heterocycles. The van der Waals surface area contributed by atoms with Crippen LogP contribution in [0, 0.1) is 18.7 Å². The fourth-order valence-corrected chi connectivity index (χ4v) is 2.67. The Labute approximate surface area is 130 Å². The zero-order valence-corrected chi connectivity index (χ0v) is 13.2. The molecular formula is C18H20ClFO. The van der Waals surface area contributed by atoms with Crippen LogP contribution in [-0.4, -0.2) is 13.0 Å². The van der Waals surface area contributed by atoms with E-state index in [-0.39, 0.29) is 5.82 Å². The summed E-state index contributed by atoms with van der Waals surface area (Å²) in [7, 11) is 1.66. The van der Waals surface area contributed by atoms with Gasteiger partial charge in [-0.05, 0) is 66.6 Å². The number of halogens is 2. The summed E-state index contributed by atoms with van der Waals surface area (Å²) in [5.74, 6) is 1.51. The lowest BCUT2D eigenvalue weighted by Gasteiger charge is -2.16. The fourth-order valence-electron chi connectivity index (χ4n) is 2.45. The van der Waals surface area contributed by atoms with Crippen LogP contribution in [-0.2, 0) is 12.8 Å². The molecule has 0 aromatic heterocycles. The molecule has 1 unspecified atom stereocenters. The maximum absolute atomic E-state index is 13.4. The molecule has 1 nitrogen and oxygen atoms in total. The van der Waals surface area contributed by atoms with Crippen molar-refractivity contribution in [1.29, 1.82) is 0 Å². The van der Waals surface area contributed by atoms with E-state index in [2.05, 4.69) is 12.1 Å². The van der Waals surface area contributed by atoms with Gasteiger partial charge in [0, 0.05) is 5.88 Å². The Hall–Kier alpha value is -1.54. The van der Waals surface area contributed by atoms with Crippen LogP contribution in [0.15, 0.2) is 42.5 Å². The maximum atomic E-state index is 13.4. The molecule has 0 heterocycles. The second-order valence-corrected chi connectivity index (χ2v) is 5.66. The zero-order valence-electron chi connectivity index (χ0n) is 12.4. The Kier molecular flexibility index (Phi) is 5.63. The van der Waals surface area contributed by atoms with Crippen molar-refractivity contribution in [1.82, 2.24) is 0 Å². The lowest BCUT2D eigenvalue weighted by molar-refractivity contribution is 0.414. The Bertz CT molecular complexity index is 580. The van der Waals surface area contributed by atoms with Gasteiger partial charge in [0.25, 0.3) is 0 Å². The first-order chi connectivity index (χ1) is 10.1. The Morgan fingerprint density at radius 2 is 1.81 bits per heavy atom. The number of rotatable bonds is 6. The van der Waals surface area contributed by atoms with E-state index >= 15 is 0 Å². The van der Waals surface area contributed by atoms with E-state index in [1.807, 2.05) is 25.1 Å². The normalized spacial score (nSPS) is 12.2. The Morgan fingerprint density at radius 3 is 2.43 bits per heavy atom. The number of aryl methyl sites for hydroxylation is 1. The molecule has 0 N–H and O–H groups in total. The van der Waals surface area contributed by atoms with Gasteiger partial charge in [-0.2, -0.15) is 0 Å². The first-order valence-corrected chi connectivity index (χ1v) is 7.59. The van der Waals surface area contributed by atoms with Crippen LogP contribution in [0.5, 0.6) is 5.75 Å². The fraction of sp³-hybridized carbons (Fsp3) is 0.333. The van der Waals surface area contributed by atoms with Gasteiger partial charge in [0.1, 0.15) is 11.6 Å². The highest BCUT2D eigenvalue weighted by molar-refractivity contribution is 6.18. The summed E-state index contributed by atoms with van der Waals surface area (Å²) < 4.78 is 18.5. The molecule has 0 bridgehead atoms. The van der Waals surface area contributed by atoms with Crippen LogP contribution in [0.25, 0.3) is 0 Å². The van der Waals surface area contributed by atoms with Gasteiger partial charge in [0.2, 0.25) is 0 Å². The van der Waals surface area contributed by atoms with Gasteiger partial charge in [-0.15, -0.1) is 11.6 Å². The molecular weight excluding hydrogens is 287 g/mol. The zero-order chi connectivity index (χ0) is 15.2. The monoisotopic (exact) mass is 306 g/mol. The van der Waals surface area contributed by atoms with Crippen LogP contribution in [0.2, 0.25) is 0 Å². The van der Waals surface area contributed by atoms with Gasteiger partial charge in [-0.1, -0.05) is 18.2 Å². The van der Waals surface area contributed by atoms with E-state index in [0.717, 1.165) is 29.7 Å². The molecule has 2 aromatic carbocycles. The summed E-state index contributed by atoms with van der Waals surface area (Å²) in [4.78, 5) is 0. The molecule has 0 fully saturated rings. The first-order valence-electron chi connectivity index (χ1n) is 7.06. The van der Waals surface area contributed by atoms with Crippen molar-refractivity contribution in [2.45, 2.75) is 19.8 Å². The highest BCUT2D eigenvalue weighted by atomic mass is 35.5. The highest BCUT2D eigenvalue weighted by Gasteiger charge is 2.12. The minimum atomic E-state index is -0.187.